The summed E-state index contributed by atoms with van der Waals surface area (Å²) in [5.41, 5.74) is 0. The summed E-state index contributed by atoms with van der Waals surface area (Å²) in [6, 6.07) is 0. The molecule has 0 saturated carbocycles. The predicted molar refractivity (Wildman–Crippen MR) is 40.9 cm³/mol. The van der Waals surface area contributed by atoms with E-state index in [1.165, 1.54) is 0 Å². The Bertz CT molecular complexity index is 209. The van der Waals surface area contributed by atoms with Gasteiger partial charge in [0, 0.05) is 5.92 Å². The second-order valence-corrected chi connectivity index (χ2v) is 3.84. The van der Waals surface area contributed by atoms with Gasteiger partial charge in [-0.25, -0.2) is 8.78 Å². The van der Waals surface area contributed by atoms with E-state index in [0.29, 0.717) is 0 Å². The average Bonchev–Trinajstić information content (AvgIpc) is 1.84. The minimum atomic E-state index is -4.22. The van der Waals surface area contributed by atoms with Gasteiger partial charge in [-0.1, -0.05) is 0 Å². The summed E-state index contributed by atoms with van der Waals surface area (Å²) < 4.78 is 33.5. The Morgan fingerprint density at radius 1 is 1.25 bits per heavy atom. The summed E-state index contributed by atoms with van der Waals surface area (Å²) in [5.74, 6) is -0.902. The second kappa shape index (κ2) is 5.19. The maximum Gasteiger partial charge on any atom is 0.326 e. The van der Waals surface area contributed by atoms with E-state index in [0.717, 1.165) is 12.2 Å². The van der Waals surface area contributed by atoms with Crippen LogP contribution in [0.4, 0.5) is 8.78 Å². The molecule has 6 heteroatoms. The number of hydrogen-bond donors (Lipinski definition) is 2. The molecule has 70 valence electrons. The molecular formula is C6H9F2O3P. The molecule has 0 heterocycles. The number of allylic oxidation sites excluding steroid dienone is 2. The fourth-order valence-electron chi connectivity index (χ4n) is 0.647. The van der Waals surface area contributed by atoms with Crippen LogP contribution in [0.25, 0.3) is 0 Å². The fourth-order valence-corrected chi connectivity index (χ4v) is 1.44. The zero-order valence-electron chi connectivity index (χ0n) is 6.10. The highest BCUT2D eigenvalue weighted by atomic mass is 31.2. The monoisotopic (exact) mass is 198 g/mol. The Morgan fingerprint density at radius 2 is 1.67 bits per heavy atom. The van der Waals surface area contributed by atoms with Gasteiger partial charge in [0.25, 0.3) is 0 Å². The van der Waals surface area contributed by atoms with Crippen molar-refractivity contribution in [2.24, 2.45) is 5.92 Å². The molecule has 0 aliphatic rings. The largest absolute Gasteiger partial charge is 0.326 e. The molecule has 2 N–H and O–H groups in total. The van der Waals surface area contributed by atoms with Gasteiger partial charge in [-0.05, 0) is 12.2 Å². The van der Waals surface area contributed by atoms with Crippen LogP contribution in [0.2, 0.25) is 0 Å². The van der Waals surface area contributed by atoms with Crippen molar-refractivity contribution in [3.8, 4) is 0 Å². The molecule has 3 nitrogen and oxygen atoms in total. The van der Waals surface area contributed by atoms with Crippen LogP contribution in [0.5, 0.6) is 0 Å². The molecule has 0 rings (SSSR count). The van der Waals surface area contributed by atoms with Crippen LogP contribution >= 0.6 is 7.60 Å². The molecule has 0 aliphatic carbocycles. The lowest BCUT2D eigenvalue weighted by atomic mass is 10.2. The molecule has 0 unspecified atom stereocenters. The van der Waals surface area contributed by atoms with Crippen molar-refractivity contribution >= 4 is 7.60 Å². The summed E-state index contributed by atoms with van der Waals surface area (Å²) in [5, 5.41) is 0. The van der Waals surface area contributed by atoms with Crippen LogP contribution in [0.1, 0.15) is 0 Å². The molecular weight excluding hydrogens is 189 g/mol. The van der Waals surface area contributed by atoms with E-state index >= 15 is 0 Å². The van der Waals surface area contributed by atoms with Gasteiger partial charge in [0.1, 0.15) is 0 Å². The number of halogens is 2. The van der Waals surface area contributed by atoms with E-state index in [4.69, 9.17) is 9.79 Å². The van der Waals surface area contributed by atoms with Crippen molar-refractivity contribution < 1.29 is 23.1 Å². The van der Waals surface area contributed by atoms with E-state index < -0.39 is 19.7 Å². The topological polar surface area (TPSA) is 57.5 Å². The summed E-state index contributed by atoms with van der Waals surface area (Å²) >= 11 is 0. The summed E-state index contributed by atoms with van der Waals surface area (Å²) in [7, 11) is -4.22. The maximum absolute atomic E-state index is 11.6. The van der Waals surface area contributed by atoms with Crippen molar-refractivity contribution in [2.75, 3.05) is 6.16 Å². The first-order valence-corrected chi connectivity index (χ1v) is 4.87. The SMILES string of the molecule is O=P(O)(O)CC(C=CF)C=CF. The van der Waals surface area contributed by atoms with Crippen molar-refractivity contribution in [3.05, 3.63) is 24.8 Å². The molecule has 0 fully saturated rings. The summed E-state index contributed by atoms with van der Waals surface area (Å²) in [6.45, 7) is 0. The van der Waals surface area contributed by atoms with Gasteiger partial charge >= 0.3 is 7.60 Å². The van der Waals surface area contributed by atoms with E-state index in [9.17, 15) is 13.3 Å². The molecule has 0 bridgehead atoms. The first-order valence-electron chi connectivity index (χ1n) is 3.08. The molecule has 0 aromatic rings. The van der Waals surface area contributed by atoms with Gasteiger partial charge in [0.2, 0.25) is 0 Å². The van der Waals surface area contributed by atoms with Crippen molar-refractivity contribution in [2.45, 2.75) is 0 Å². The Hall–Kier alpha value is -0.510. The van der Waals surface area contributed by atoms with Gasteiger partial charge in [-0.3, -0.25) is 4.57 Å². The first kappa shape index (κ1) is 11.5. The van der Waals surface area contributed by atoms with Crippen LogP contribution in [0.3, 0.4) is 0 Å². The summed E-state index contributed by atoms with van der Waals surface area (Å²) in [6.07, 6.45) is 1.40. The smallest absolute Gasteiger partial charge is 0.324 e. The fraction of sp³-hybridized carbons (Fsp3) is 0.333. The van der Waals surface area contributed by atoms with Gasteiger partial charge in [0.05, 0.1) is 18.8 Å². The standard InChI is InChI=1S/C6H9F2O3P/c7-3-1-6(2-4-8)5-12(9,10)11/h1-4,6H,5H2,(H2,9,10,11). The lowest BCUT2D eigenvalue weighted by Gasteiger charge is -2.07. The molecule has 12 heavy (non-hydrogen) atoms. The molecule has 0 spiro atoms. The van der Waals surface area contributed by atoms with Gasteiger partial charge in [0.15, 0.2) is 0 Å². The molecule has 0 aliphatic heterocycles. The van der Waals surface area contributed by atoms with Gasteiger partial charge in [-0.15, -0.1) is 0 Å². The quantitative estimate of drug-likeness (QED) is 0.676. The van der Waals surface area contributed by atoms with Gasteiger partial charge in [-0.2, -0.15) is 0 Å². The summed E-state index contributed by atoms with van der Waals surface area (Å²) in [4.78, 5) is 16.9. The average molecular weight is 198 g/mol. The maximum atomic E-state index is 11.6. The van der Waals surface area contributed by atoms with Crippen LogP contribution in [0, 0.1) is 5.92 Å². The zero-order chi connectivity index (χ0) is 9.61. The molecule has 0 radical (unpaired) electrons. The van der Waals surface area contributed by atoms with E-state index in [1.54, 1.807) is 0 Å². The van der Waals surface area contributed by atoms with Crippen LogP contribution in [-0.4, -0.2) is 15.9 Å². The highest BCUT2D eigenvalue weighted by molar-refractivity contribution is 7.51. The third kappa shape index (κ3) is 6.22. The van der Waals surface area contributed by atoms with E-state index in [-0.39, 0.29) is 12.7 Å². The third-order valence-electron chi connectivity index (χ3n) is 1.09. The Kier molecular flexibility index (Phi) is 4.97. The second-order valence-electron chi connectivity index (χ2n) is 2.15. The van der Waals surface area contributed by atoms with Crippen LogP contribution in [0.15, 0.2) is 24.8 Å². The highest BCUT2D eigenvalue weighted by Gasteiger charge is 2.17. The van der Waals surface area contributed by atoms with Crippen LogP contribution < -0.4 is 0 Å². The normalized spacial score (nSPS) is 16.0. The number of rotatable bonds is 4. The third-order valence-corrected chi connectivity index (χ3v) is 1.99. The first-order chi connectivity index (χ1) is 5.49. The molecule has 0 saturated heterocycles. The lowest BCUT2D eigenvalue weighted by molar-refractivity contribution is 0.370. The van der Waals surface area contributed by atoms with Gasteiger partial charge < -0.3 is 9.79 Å². The van der Waals surface area contributed by atoms with E-state index in [1.807, 2.05) is 0 Å². The van der Waals surface area contributed by atoms with Crippen molar-refractivity contribution in [1.29, 1.82) is 0 Å². The minimum absolute atomic E-state index is 0.125. The van der Waals surface area contributed by atoms with Crippen molar-refractivity contribution in [3.63, 3.8) is 0 Å². The Labute approximate surface area is 68.6 Å². The molecule has 0 amide bonds. The van der Waals surface area contributed by atoms with E-state index in [2.05, 4.69) is 0 Å². The van der Waals surface area contributed by atoms with Crippen molar-refractivity contribution in [1.82, 2.24) is 0 Å². The highest BCUT2D eigenvalue weighted by Crippen LogP contribution is 2.37. The molecule has 0 aromatic heterocycles. The lowest BCUT2D eigenvalue weighted by Crippen LogP contribution is -1.99. The van der Waals surface area contributed by atoms with Crippen LogP contribution in [-0.2, 0) is 4.57 Å². The number of hydrogen-bond acceptors (Lipinski definition) is 1. The predicted octanol–water partition coefficient (Wildman–Crippen LogP) is 1.75. The Morgan fingerprint density at radius 3 is 1.92 bits per heavy atom. The zero-order valence-corrected chi connectivity index (χ0v) is 6.99. The minimum Gasteiger partial charge on any atom is -0.324 e. The Balaban J connectivity index is 4.24. The molecule has 0 atom stereocenters. The molecule has 0 aromatic carbocycles.